The second-order valence-electron chi connectivity index (χ2n) is 6.25. The molecule has 1 aliphatic rings. The summed E-state index contributed by atoms with van der Waals surface area (Å²) in [5.41, 5.74) is 0.941. The second kappa shape index (κ2) is 9.00. The Hall–Kier alpha value is -2.64. The summed E-state index contributed by atoms with van der Waals surface area (Å²) in [6.45, 7) is -0.0807. The Morgan fingerprint density at radius 1 is 1.24 bits per heavy atom. The van der Waals surface area contributed by atoms with Crippen molar-refractivity contribution in [2.45, 2.75) is 38.7 Å². The van der Waals surface area contributed by atoms with Crippen LogP contribution in [0.5, 0.6) is 0 Å². The minimum Gasteiger partial charge on any atom is -0.481 e. The molecule has 1 fully saturated rings. The predicted octanol–water partition coefficient (Wildman–Crippen LogP) is 2.41. The molecule has 1 saturated carbocycles. The monoisotopic (exact) mass is 350 g/mol. The Morgan fingerprint density at radius 3 is 2.44 bits per heavy atom. The highest BCUT2D eigenvalue weighted by molar-refractivity contribution is 5.94. The summed E-state index contributed by atoms with van der Waals surface area (Å²) in [6.07, 6.45) is 4.99. The molecule has 0 spiro atoms. The summed E-state index contributed by atoms with van der Waals surface area (Å²) < 4.78 is 0. The Morgan fingerprint density at radius 2 is 1.88 bits per heavy atom. The van der Waals surface area contributed by atoms with E-state index in [0.717, 1.165) is 32.1 Å². The highest BCUT2D eigenvalue weighted by atomic mass is 16.9. The molecule has 1 aliphatic carbocycles. The van der Waals surface area contributed by atoms with Gasteiger partial charge >= 0.3 is 5.97 Å². The van der Waals surface area contributed by atoms with Gasteiger partial charge in [-0.3, -0.25) is 9.59 Å². The smallest absolute Gasteiger partial charge is 0.308 e. The lowest BCUT2D eigenvalue weighted by molar-refractivity contribution is -0.763. The van der Waals surface area contributed by atoms with Gasteiger partial charge < -0.3 is 15.3 Å². The molecule has 0 bridgehead atoms. The lowest BCUT2D eigenvalue weighted by Crippen LogP contribution is -2.37. The summed E-state index contributed by atoms with van der Waals surface area (Å²) in [5, 5.41) is 21.4. The van der Waals surface area contributed by atoms with Crippen molar-refractivity contribution in [3.8, 4) is 0 Å². The van der Waals surface area contributed by atoms with Crippen molar-refractivity contribution in [3.63, 3.8) is 0 Å². The number of nitrogens with one attached hydrogen (secondary N) is 1. The molecule has 0 heterocycles. The molecule has 1 unspecified atom stereocenters. The molecule has 2 N–H and O–H groups in total. The fourth-order valence-corrected chi connectivity index (χ4v) is 3.18. The van der Waals surface area contributed by atoms with Gasteiger partial charge in [0.05, 0.1) is 5.92 Å². The van der Waals surface area contributed by atoms with Crippen molar-refractivity contribution in [1.29, 1.82) is 0 Å². The summed E-state index contributed by atoms with van der Waals surface area (Å²) in [5.74, 6) is -1.70. The quantitative estimate of drug-likeness (QED) is 0.549. The molecule has 1 atom stereocenters. The molecular formula is C17H22N2O6. The zero-order chi connectivity index (χ0) is 18.2. The van der Waals surface area contributed by atoms with Crippen molar-refractivity contribution >= 4 is 11.9 Å². The third kappa shape index (κ3) is 5.74. The van der Waals surface area contributed by atoms with Crippen molar-refractivity contribution in [3.05, 3.63) is 45.5 Å². The number of carboxylic acid groups (broad SMARTS) is 1. The molecule has 1 aromatic carbocycles. The Bertz CT molecular complexity index is 610. The first-order valence-corrected chi connectivity index (χ1v) is 8.34. The minimum absolute atomic E-state index is 0.102. The predicted molar refractivity (Wildman–Crippen MR) is 88.3 cm³/mol. The van der Waals surface area contributed by atoms with E-state index in [2.05, 4.69) is 10.2 Å². The number of carbonyl (C=O) groups excluding carboxylic acids is 1. The maximum Gasteiger partial charge on any atom is 0.308 e. The van der Waals surface area contributed by atoms with E-state index in [0.29, 0.717) is 11.1 Å². The molecule has 8 nitrogen and oxygen atoms in total. The number of carbonyl (C=O) groups is 2. The number of rotatable bonds is 8. The van der Waals surface area contributed by atoms with Crippen LogP contribution in [0, 0.1) is 22.0 Å². The van der Waals surface area contributed by atoms with E-state index in [-0.39, 0.29) is 25.0 Å². The van der Waals surface area contributed by atoms with E-state index in [4.69, 9.17) is 0 Å². The SMILES string of the molecule is O=C(NCC(C(=O)O)C1CCCCC1)c1ccc(CO[N+](=O)[O-])cc1. The fourth-order valence-electron chi connectivity index (χ4n) is 3.18. The van der Waals surface area contributed by atoms with Gasteiger partial charge in [-0.15, -0.1) is 10.1 Å². The van der Waals surface area contributed by atoms with Crippen LogP contribution in [0.4, 0.5) is 0 Å². The van der Waals surface area contributed by atoms with Gasteiger partial charge in [0.15, 0.2) is 0 Å². The largest absolute Gasteiger partial charge is 0.481 e. The number of carboxylic acids is 1. The average molecular weight is 350 g/mol. The molecule has 1 aromatic rings. The normalized spacial score (nSPS) is 16.0. The standard InChI is InChI=1S/C17H22N2O6/c20-16(14-8-6-12(7-9-14)11-25-19(23)24)18-10-15(17(21)22)13-4-2-1-3-5-13/h6-9,13,15H,1-5,10-11H2,(H,18,20)(H,21,22). The van der Waals surface area contributed by atoms with E-state index in [1.54, 1.807) is 12.1 Å². The number of hydrogen-bond donors (Lipinski definition) is 2. The number of nitrogens with zero attached hydrogens (tertiary/aromatic N) is 1. The van der Waals surface area contributed by atoms with E-state index in [1.165, 1.54) is 12.1 Å². The number of aliphatic carboxylic acids is 1. The van der Waals surface area contributed by atoms with Crippen LogP contribution in [-0.2, 0) is 16.2 Å². The van der Waals surface area contributed by atoms with Gasteiger partial charge in [0.1, 0.15) is 6.61 Å². The van der Waals surface area contributed by atoms with E-state index in [9.17, 15) is 24.8 Å². The molecule has 0 aromatic heterocycles. The third-order valence-corrected chi connectivity index (χ3v) is 4.57. The Balaban J connectivity index is 1.89. The molecule has 0 aliphatic heterocycles. The van der Waals surface area contributed by atoms with Crippen LogP contribution in [-0.4, -0.2) is 28.6 Å². The van der Waals surface area contributed by atoms with Gasteiger partial charge in [0, 0.05) is 12.1 Å². The fraction of sp³-hybridized carbons (Fsp3) is 0.529. The summed E-state index contributed by atoms with van der Waals surface area (Å²) in [6, 6.07) is 6.19. The van der Waals surface area contributed by atoms with Crippen LogP contribution in [0.1, 0.15) is 48.0 Å². The topological polar surface area (TPSA) is 119 Å². The summed E-state index contributed by atoms with van der Waals surface area (Å²) in [4.78, 5) is 38.1. The van der Waals surface area contributed by atoms with Gasteiger partial charge in [0.25, 0.3) is 11.0 Å². The van der Waals surface area contributed by atoms with Crippen molar-refractivity contribution in [2.24, 2.45) is 11.8 Å². The average Bonchev–Trinajstić information content (AvgIpc) is 2.61. The lowest BCUT2D eigenvalue weighted by atomic mass is 9.80. The van der Waals surface area contributed by atoms with Crippen LogP contribution in [0.3, 0.4) is 0 Å². The van der Waals surface area contributed by atoms with Crippen LogP contribution >= 0.6 is 0 Å². The van der Waals surface area contributed by atoms with Crippen molar-refractivity contribution in [1.82, 2.24) is 5.32 Å². The summed E-state index contributed by atoms with van der Waals surface area (Å²) in [7, 11) is 0. The number of benzene rings is 1. The van der Waals surface area contributed by atoms with Gasteiger partial charge in [-0.1, -0.05) is 31.4 Å². The van der Waals surface area contributed by atoms with Crippen LogP contribution < -0.4 is 5.32 Å². The van der Waals surface area contributed by atoms with Crippen LogP contribution in [0.25, 0.3) is 0 Å². The zero-order valence-electron chi connectivity index (χ0n) is 13.8. The van der Waals surface area contributed by atoms with Crippen molar-refractivity contribution < 1.29 is 24.6 Å². The molecular weight excluding hydrogens is 328 g/mol. The molecule has 25 heavy (non-hydrogen) atoms. The van der Waals surface area contributed by atoms with Crippen LogP contribution in [0.15, 0.2) is 24.3 Å². The maximum atomic E-state index is 12.2. The van der Waals surface area contributed by atoms with Gasteiger partial charge in [-0.2, -0.15) is 0 Å². The van der Waals surface area contributed by atoms with Crippen LogP contribution in [0.2, 0.25) is 0 Å². The maximum absolute atomic E-state index is 12.2. The zero-order valence-corrected chi connectivity index (χ0v) is 13.8. The molecule has 0 saturated heterocycles. The molecule has 1 amide bonds. The minimum atomic E-state index is -0.877. The molecule has 136 valence electrons. The number of hydrogen-bond acceptors (Lipinski definition) is 5. The second-order valence-corrected chi connectivity index (χ2v) is 6.25. The highest BCUT2D eigenvalue weighted by Crippen LogP contribution is 2.30. The third-order valence-electron chi connectivity index (χ3n) is 4.57. The summed E-state index contributed by atoms with van der Waals surface area (Å²) >= 11 is 0. The highest BCUT2D eigenvalue weighted by Gasteiger charge is 2.29. The van der Waals surface area contributed by atoms with Gasteiger partial charge in [0.2, 0.25) is 0 Å². The van der Waals surface area contributed by atoms with E-state index >= 15 is 0 Å². The lowest BCUT2D eigenvalue weighted by Gasteiger charge is -2.27. The Labute approximate surface area is 145 Å². The first-order chi connectivity index (χ1) is 12.0. The van der Waals surface area contributed by atoms with E-state index < -0.39 is 17.0 Å². The first-order valence-electron chi connectivity index (χ1n) is 8.34. The molecule has 0 radical (unpaired) electrons. The van der Waals surface area contributed by atoms with Gasteiger partial charge in [-0.05, 0) is 36.5 Å². The molecule has 2 rings (SSSR count). The number of amides is 1. The first kappa shape index (κ1) is 18.7. The molecule has 8 heteroatoms. The van der Waals surface area contributed by atoms with E-state index in [1.807, 2.05) is 0 Å². The Kier molecular flexibility index (Phi) is 6.73. The van der Waals surface area contributed by atoms with Crippen molar-refractivity contribution in [2.75, 3.05) is 6.54 Å². The van der Waals surface area contributed by atoms with Gasteiger partial charge in [-0.25, -0.2) is 0 Å².